The SMILES string of the molecule is NCc1cccc(-c2cc(O)ccc2O)c1. The zero-order valence-electron chi connectivity index (χ0n) is 8.72. The summed E-state index contributed by atoms with van der Waals surface area (Å²) in [5.41, 5.74) is 7.99. The van der Waals surface area contributed by atoms with Crippen LogP contribution in [-0.4, -0.2) is 10.2 Å². The molecule has 0 fully saturated rings. The Morgan fingerprint density at radius 3 is 2.56 bits per heavy atom. The van der Waals surface area contributed by atoms with Gasteiger partial charge in [-0.05, 0) is 35.4 Å². The van der Waals surface area contributed by atoms with E-state index in [-0.39, 0.29) is 11.5 Å². The van der Waals surface area contributed by atoms with E-state index in [4.69, 9.17) is 5.73 Å². The van der Waals surface area contributed by atoms with E-state index >= 15 is 0 Å². The topological polar surface area (TPSA) is 66.5 Å². The van der Waals surface area contributed by atoms with Crippen LogP contribution in [0.1, 0.15) is 5.56 Å². The second-order valence-corrected chi connectivity index (χ2v) is 3.61. The number of aromatic hydroxyl groups is 2. The monoisotopic (exact) mass is 215 g/mol. The fourth-order valence-corrected chi connectivity index (χ4v) is 1.62. The number of hydrogen-bond acceptors (Lipinski definition) is 3. The number of nitrogens with two attached hydrogens (primary N) is 1. The quantitative estimate of drug-likeness (QED) is 0.673. The van der Waals surface area contributed by atoms with Gasteiger partial charge in [-0.2, -0.15) is 0 Å². The van der Waals surface area contributed by atoms with E-state index in [0.29, 0.717) is 12.1 Å². The van der Waals surface area contributed by atoms with Crippen molar-refractivity contribution in [1.29, 1.82) is 0 Å². The molecule has 16 heavy (non-hydrogen) atoms. The van der Waals surface area contributed by atoms with Crippen molar-refractivity contribution in [2.75, 3.05) is 0 Å². The van der Waals surface area contributed by atoms with Crippen LogP contribution in [0.25, 0.3) is 11.1 Å². The second-order valence-electron chi connectivity index (χ2n) is 3.61. The highest BCUT2D eigenvalue weighted by Gasteiger charge is 2.05. The van der Waals surface area contributed by atoms with Gasteiger partial charge in [0, 0.05) is 12.1 Å². The predicted molar refractivity (Wildman–Crippen MR) is 63.1 cm³/mol. The van der Waals surface area contributed by atoms with E-state index in [1.807, 2.05) is 24.3 Å². The van der Waals surface area contributed by atoms with Crippen LogP contribution in [0.5, 0.6) is 11.5 Å². The second kappa shape index (κ2) is 4.24. The van der Waals surface area contributed by atoms with Crippen molar-refractivity contribution >= 4 is 0 Å². The molecule has 0 amide bonds. The molecule has 0 aliphatic rings. The largest absolute Gasteiger partial charge is 0.508 e. The fourth-order valence-electron chi connectivity index (χ4n) is 1.62. The molecule has 3 heteroatoms. The normalized spacial score (nSPS) is 10.3. The lowest BCUT2D eigenvalue weighted by molar-refractivity contribution is 0.462. The predicted octanol–water partition coefficient (Wildman–Crippen LogP) is 2.22. The molecule has 2 aromatic carbocycles. The van der Waals surface area contributed by atoms with Crippen molar-refractivity contribution in [3.63, 3.8) is 0 Å². The summed E-state index contributed by atoms with van der Waals surface area (Å²) in [6.45, 7) is 0.452. The molecule has 0 unspecified atom stereocenters. The van der Waals surface area contributed by atoms with Crippen LogP contribution in [0.15, 0.2) is 42.5 Å². The van der Waals surface area contributed by atoms with E-state index < -0.39 is 0 Å². The first kappa shape index (κ1) is 10.5. The van der Waals surface area contributed by atoms with E-state index in [0.717, 1.165) is 11.1 Å². The minimum absolute atomic E-state index is 0.131. The highest BCUT2D eigenvalue weighted by molar-refractivity contribution is 5.71. The van der Waals surface area contributed by atoms with Gasteiger partial charge in [-0.3, -0.25) is 0 Å². The Balaban J connectivity index is 2.53. The Hall–Kier alpha value is -2.00. The molecule has 0 aromatic heterocycles. The van der Waals surface area contributed by atoms with Gasteiger partial charge < -0.3 is 15.9 Å². The highest BCUT2D eigenvalue weighted by atomic mass is 16.3. The van der Waals surface area contributed by atoms with Crippen LogP contribution in [0.2, 0.25) is 0 Å². The van der Waals surface area contributed by atoms with Gasteiger partial charge in [0.25, 0.3) is 0 Å². The lowest BCUT2D eigenvalue weighted by Crippen LogP contribution is -1.95. The molecular weight excluding hydrogens is 202 g/mol. The van der Waals surface area contributed by atoms with Gasteiger partial charge >= 0.3 is 0 Å². The van der Waals surface area contributed by atoms with Crippen LogP contribution >= 0.6 is 0 Å². The molecule has 0 spiro atoms. The third-order valence-corrected chi connectivity index (χ3v) is 2.45. The molecule has 0 saturated heterocycles. The first-order valence-corrected chi connectivity index (χ1v) is 5.02. The molecule has 2 aromatic rings. The van der Waals surface area contributed by atoms with Gasteiger partial charge in [0.05, 0.1) is 0 Å². The van der Waals surface area contributed by atoms with E-state index in [9.17, 15) is 10.2 Å². The highest BCUT2D eigenvalue weighted by Crippen LogP contribution is 2.32. The Bertz CT molecular complexity index is 509. The lowest BCUT2D eigenvalue weighted by atomic mass is 10.0. The lowest BCUT2D eigenvalue weighted by Gasteiger charge is -2.06. The maximum absolute atomic E-state index is 9.71. The van der Waals surface area contributed by atoms with Crippen molar-refractivity contribution in [3.8, 4) is 22.6 Å². The smallest absolute Gasteiger partial charge is 0.123 e. The minimum atomic E-state index is 0.131. The van der Waals surface area contributed by atoms with Crippen molar-refractivity contribution in [3.05, 3.63) is 48.0 Å². The van der Waals surface area contributed by atoms with E-state index in [2.05, 4.69) is 0 Å². The molecule has 0 atom stereocenters. The molecule has 0 aliphatic heterocycles. The van der Waals surface area contributed by atoms with Gasteiger partial charge in [0.15, 0.2) is 0 Å². The Labute approximate surface area is 93.8 Å². The molecule has 3 nitrogen and oxygen atoms in total. The summed E-state index contributed by atoms with van der Waals surface area (Å²) in [6.07, 6.45) is 0. The molecule has 0 radical (unpaired) electrons. The first-order valence-electron chi connectivity index (χ1n) is 5.02. The zero-order chi connectivity index (χ0) is 11.5. The Morgan fingerprint density at radius 1 is 1.00 bits per heavy atom. The summed E-state index contributed by atoms with van der Waals surface area (Å²) in [4.78, 5) is 0. The number of rotatable bonds is 2. The van der Waals surface area contributed by atoms with Crippen molar-refractivity contribution in [2.24, 2.45) is 5.73 Å². The summed E-state index contributed by atoms with van der Waals surface area (Å²) in [5, 5.41) is 19.1. The first-order chi connectivity index (χ1) is 7.70. The number of phenolic OH excluding ortho intramolecular Hbond substituents is 2. The third-order valence-electron chi connectivity index (χ3n) is 2.45. The zero-order valence-corrected chi connectivity index (χ0v) is 8.72. The van der Waals surface area contributed by atoms with Crippen molar-refractivity contribution in [2.45, 2.75) is 6.54 Å². The molecule has 0 saturated carbocycles. The average molecular weight is 215 g/mol. The number of hydrogen-bond donors (Lipinski definition) is 3. The fraction of sp³-hybridized carbons (Fsp3) is 0.0769. The molecule has 0 heterocycles. The molecule has 4 N–H and O–H groups in total. The van der Waals surface area contributed by atoms with Gasteiger partial charge in [-0.15, -0.1) is 0 Å². The number of benzene rings is 2. The summed E-state index contributed by atoms with van der Waals surface area (Å²) >= 11 is 0. The molecule has 2 rings (SSSR count). The van der Waals surface area contributed by atoms with Crippen LogP contribution in [0.3, 0.4) is 0 Å². The molecule has 0 bridgehead atoms. The van der Waals surface area contributed by atoms with E-state index in [1.165, 1.54) is 18.2 Å². The van der Waals surface area contributed by atoms with Gasteiger partial charge in [-0.25, -0.2) is 0 Å². The number of phenols is 2. The molecule has 0 aliphatic carbocycles. The van der Waals surface area contributed by atoms with Crippen molar-refractivity contribution in [1.82, 2.24) is 0 Å². The average Bonchev–Trinajstić information content (AvgIpc) is 2.32. The summed E-state index contributed by atoms with van der Waals surface area (Å²) in [5.74, 6) is 0.276. The van der Waals surface area contributed by atoms with E-state index in [1.54, 1.807) is 0 Å². The van der Waals surface area contributed by atoms with Crippen molar-refractivity contribution < 1.29 is 10.2 Å². The standard InChI is InChI=1S/C13H13NO2/c14-8-9-2-1-3-10(6-9)12-7-11(15)4-5-13(12)16/h1-7,15-16H,8,14H2. The van der Waals surface area contributed by atoms with Gasteiger partial charge in [0.1, 0.15) is 11.5 Å². The molecular formula is C13H13NO2. The van der Waals surface area contributed by atoms with Gasteiger partial charge in [-0.1, -0.05) is 18.2 Å². The van der Waals surface area contributed by atoms with Crippen LogP contribution in [-0.2, 0) is 6.54 Å². The van der Waals surface area contributed by atoms with Crippen LogP contribution < -0.4 is 5.73 Å². The Kier molecular flexibility index (Phi) is 2.79. The minimum Gasteiger partial charge on any atom is -0.508 e. The summed E-state index contributed by atoms with van der Waals surface area (Å²) in [6, 6.07) is 12.0. The Morgan fingerprint density at radius 2 is 1.81 bits per heavy atom. The van der Waals surface area contributed by atoms with Crippen LogP contribution in [0.4, 0.5) is 0 Å². The summed E-state index contributed by atoms with van der Waals surface area (Å²) in [7, 11) is 0. The van der Waals surface area contributed by atoms with Crippen LogP contribution in [0, 0.1) is 0 Å². The maximum Gasteiger partial charge on any atom is 0.123 e. The molecule has 82 valence electrons. The maximum atomic E-state index is 9.71. The summed E-state index contributed by atoms with van der Waals surface area (Å²) < 4.78 is 0. The van der Waals surface area contributed by atoms with Gasteiger partial charge in [0.2, 0.25) is 0 Å². The third kappa shape index (κ3) is 1.99.